The largest absolute Gasteiger partial charge is 0.494 e. The molecule has 0 spiro atoms. The molecule has 0 atom stereocenters. The van der Waals surface area contributed by atoms with Crippen LogP contribution in [0.1, 0.15) is 78.4 Å². The molecule has 0 saturated heterocycles. The van der Waals surface area contributed by atoms with Crippen molar-refractivity contribution in [1.82, 2.24) is 5.32 Å². The summed E-state index contributed by atoms with van der Waals surface area (Å²) < 4.78 is 5.88. The van der Waals surface area contributed by atoms with Crippen molar-refractivity contribution in [2.45, 2.75) is 57.8 Å². The van der Waals surface area contributed by atoms with Crippen molar-refractivity contribution in [3.05, 3.63) is 113 Å². The van der Waals surface area contributed by atoms with Crippen molar-refractivity contribution in [3.8, 4) is 5.75 Å². The van der Waals surface area contributed by atoms with Gasteiger partial charge in [0.15, 0.2) is 5.78 Å². The van der Waals surface area contributed by atoms with Crippen LogP contribution in [-0.4, -0.2) is 24.2 Å². The topological polar surface area (TPSA) is 72.5 Å². The Morgan fingerprint density at radius 1 is 0.725 bits per heavy atom. The Morgan fingerprint density at radius 2 is 1.38 bits per heavy atom. The summed E-state index contributed by atoms with van der Waals surface area (Å²) in [7, 11) is 0. The normalized spacial score (nSPS) is 12.9. The van der Waals surface area contributed by atoms with Crippen LogP contribution in [0.4, 0.5) is 0 Å². The van der Waals surface area contributed by atoms with Crippen LogP contribution < -0.4 is 10.1 Å². The zero-order chi connectivity index (χ0) is 28.0. The van der Waals surface area contributed by atoms with E-state index in [4.69, 9.17) is 4.74 Å². The van der Waals surface area contributed by atoms with Crippen molar-refractivity contribution in [1.29, 1.82) is 0 Å². The number of amides is 2. The molecule has 1 aliphatic heterocycles. The zero-order valence-corrected chi connectivity index (χ0v) is 22.9. The second kappa shape index (κ2) is 15.4. The van der Waals surface area contributed by atoms with Crippen LogP contribution in [0, 0.1) is 0 Å². The Morgan fingerprint density at radius 3 is 2.02 bits per heavy atom. The third-order valence-corrected chi connectivity index (χ3v) is 7.02. The number of nitrogens with one attached hydrogen (secondary N) is 1. The van der Waals surface area contributed by atoms with Gasteiger partial charge in [0.25, 0.3) is 11.8 Å². The monoisotopic (exact) mass is 535 g/mol. The van der Waals surface area contributed by atoms with Crippen LogP contribution in [0.2, 0.25) is 0 Å². The summed E-state index contributed by atoms with van der Waals surface area (Å²) in [6.07, 6.45) is 15.4. The molecule has 0 aliphatic carbocycles. The van der Waals surface area contributed by atoms with Gasteiger partial charge in [0, 0.05) is 11.6 Å². The lowest BCUT2D eigenvalue weighted by atomic mass is 10.0. The zero-order valence-electron chi connectivity index (χ0n) is 22.9. The van der Waals surface area contributed by atoms with Gasteiger partial charge in [-0.25, -0.2) is 0 Å². The molecule has 5 nitrogen and oxygen atoms in total. The molecule has 0 unspecified atom stereocenters. The van der Waals surface area contributed by atoms with E-state index in [0.717, 1.165) is 42.7 Å². The number of carbonyl (C=O) groups excluding carboxylic acids is 3. The Bertz CT molecular complexity index is 1320. The number of rotatable bonds is 16. The minimum Gasteiger partial charge on any atom is -0.494 e. The predicted molar refractivity (Wildman–Crippen MR) is 160 cm³/mol. The molecule has 206 valence electrons. The molecule has 3 aromatic rings. The standard InChI is InChI=1S/C35H37NO4/c37-33(30-13-9-7-10-14-30)24-19-28-17-22-31(23-18-28)40-25-11-6-4-2-1-3-5-8-12-27-15-20-29(21-16-27)32-26-34(38)36-35(32)39/h7,9-10,13-24,26H,1-6,8,11-12,25H2,(H,36,38,39). The van der Waals surface area contributed by atoms with Crippen molar-refractivity contribution < 1.29 is 19.1 Å². The van der Waals surface area contributed by atoms with Crippen LogP contribution in [0.25, 0.3) is 11.6 Å². The maximum Gasteiger partial charge on any atom is 0.258 e. The molecule has 1 heterocycles. The number of hydrogen-bond acceptors (Lipinski definition) is 4. The van der Waals surface area contributed by atoms with Crippen LogP contribution in [0.5, 0.6) is 5.75 Å². The predicted octanol–water partition coefficient (Wildman–Crippen LogP) is 7.36. The van der Waals surface area contributed by atoms with Gasteiger partial charge in [-0.2, -0.15) is 0 Å². The number of benzene rings is 3. The van der Waals surface area contributed by atoms with Crippen LogP contribution in [0.3, 0.4) is 0 Å². The number of unbranched alkanes of at least 4 members (excludes halogenated alkanes) is 7. The molecular formula is C35H37NO4. The molecule has 0 saturated carbocycles. The Labute approximate surface area is 237 Å². The number of aryl methyl sites for hydroxylation is 1. The third kappa shape index (κ3) is 9.19. The molecule has 0 radical (unpaired) electrons. The van der Waals surface area contributed by atoms with E-state index < -0.39 is 0 Å². The average molecular weight is 536 g/mol. The molecule has 4 rings (SSSR count). The minimum atomic E-state index is -0.344. The summed E-state index contributed by atoms with van der Waals surface area (Å²) in [5.74, 6) is 0.193. The van der Waals surface area contributed by atoms with Gasteiger partial charge < -0.3 is 4.74 Å². The van der Waals surface area contributed by atoms with Crippen LogP contribution in [0.15, 0.2) is 91.0 Å². The fourth-order valence-corrected chi connectivity index (χ4v) is 4.70. The van der Waals surface area contributed by atoms with Crippen LogP contribution in [-0.2, 0) is 16.0 Å². The molecule has 40 heavy (non-hydrogen) atoms. The van der Waals surface area contributed by atoms with Crippen molar-refractivity contribution in [3.63, 3.8) is 0 Å². The third-order valence-electron chi connectivity index (χ3n) is 7.02. The molecule has 5 heteroatoms. The molecule has 0 bridgehead atoms. The van der Waals surface area contributed by atoms with Crippen molar-refractivity contribution in [2.75, 3.05) is 6.61 Å². The van der Waals surface area contributed by atoms with Crippen LogP contribution >= 0.6 is 0 Å². The Kier molecular flexibility index (Phi) is 11.0. The van der Waals surface area contributed by atoms with E-state index in [1.54, 1.807) is 6.08 Å². The molecular weight excluding hydrogens is 498 g/mol. The maximum atomic E-state index is 12.2. The highest BCUT2D eigenvalue weighted by molar-refractivity contribution is 6.33. The molecule has 1 aliphatic rings. The van der Waals surface area contributed by atoms with Gasteiger partial charge in [-0.1, -0.05) is 111 Å². The minimum absolute atomic E-state index is 0.000877. The Balaban J connectivity index is 0.999. The van der Waals surface area contributed by atoms with Gasteiger partial charge in [0.2, 0.25) is 0 Å². The lowest BCUT2D eigenvalue weighted by Crippen LogP contribution is -2.21. The van der Waals surface area contributed by atoms with E-state index in [1.165, 1.54) is 50.2 Å². The highest BCUT2D eigenvalue weighted by Gasteiger charge is 2.21. The van der Waals surface area contributed by atoms with Gasteiger partial charge in [-0.15, -0.1) is 0 Å². The number of imide groups is 1. The number of carbonyl (C=O) groups is 3. The summed E-state index contributed by atoms with van der Waals surface area (Å²) in [5.41, 5.74) is 4.16. The Hall–Kier alpha value is -4.25. The van der Waals surface area contributed by atoms with Gasteiger partial charge in [0.1, 0.15) is 5.75 Å². The summed E-state index contributed by atoms with van der Waals surface area (Å²) in [4.78, 5) is 35.3. The molecule has 3 aromatic carbocycles. The quantitative estimate of drug-likeness (QED) is 0.0900. The number of allylic oxidation sites excluding steroid dienone is 1. The summed E-state index contributed by atoms with van der Waals surface area (Å²) >= 11 is 0. The highest BCUT2D eigenvalue weighted by atomic mass is 16.5. The number of hydrogen-bond donors (Lipinski definition) is 1. The molecule has 1 N–H and O–H groups in total. The van der Waals surface area contributed by atoms with E-state index in [1.807, 2.05) is 72.8 Å². The number of ether oxygens (including phenoxy) is 1. The molecule has 0 aromatic heterocycles. The van der Waals surface area contributed by atoms with E-state index >= 15 is 0 Å². The summed E-state index contributed by atoms with van der Waals surface area (Å²) in [6, 6.07) is 25.1. The summed E-state index contributed by atoms with van der Waals surface area (Å²) in [6.45, 7) is 0.721. The molecule has 0 fully saturated rings. The second-order valence-corrected chi connectivity index (χ2v) is 10.1. The first kappa shape index (κ1) is 28.8. The smallest absolute Gasteiger partial charge is 0.258 e. The highest BCUT2D eigenvalue weighted by Crippen LogP contribution is 2.20. The van der Waals surface area contributed by atoms with Crippen molar-refractivity contribution in [2.24, 2.45) is 0 Å². The van der Waals surface area contributed by atoms with Crippen molar-refractivity contribution >= 4 is 29.2 Å². The van der Waals surface area contributed by atoms with E-state index in [-0.39, 0.29) is 17.6 Å². The first-order valence-electron chi connectivity index (χ1n) is 14.3. The van der Waals surface area contributed by atoms with E-state index in [0.29, 0.717) is 11.1 Å². The summed E-state index contributed by atoms with van der Waals surface area (Å²) in [5, 5.41) is 2.28. The van der Waals surface area contributed by atoms with Gasteiger partial charge in [0.05, 0.1) is 12.2 Å². The van der Waals surface area contributed by atoms with Gasteiger partial charge >= 0.3 is 0 Å². The fraction of sp³-hybridized carbons (Fsp3) is 0.286. The van der Waals surface area contributed by atoms with Gasteiger partial charge in [-0.3, -0.25) is 19.7 Å². The lowest BCUT2D eigenvalue weighted by molar-refractivity contribution is -0.123. The maximum absolute atomic E-state index is 12.2. The number of ketones is 1. The SMILES string of the molecule is O=C1C=C(c2ccc(CCCCCCCCCCOc3ccc(C=CC(=O)c4ccccc4)cc3)cc2)C(=O)N1. The van der Waals surface area contributed by atoms with E-state index in [2.05, 4.69) is 17.4 Å². The fourth-order valence-electron chi connectivity index (χ4n) is 4.70. The first-order valence-corrected chi connectivity index (χ1v) is 14.3. The van der Waals surface area contributed by atoms with E-state index in [9.17, 15) is 14.4 Å². The lowest BCUT2D eigenvalue weighted by Gasteiger charge is -2.07. The molecule has 2 amide bonds. The first-order chi connectivity index (χ1) is 19.6. The second-order valence-electron chi connectivity index (χ2n) is 10.1. The average Bonchev–Trinajstić information content (AvgIpc) is 3.33. The van der Waals surface area contributed by atoms with Gasteiger partial charge in [-0.05, 0) is 54.2 Å².